The van der Waals surface area contributed by atoms with E-state index in [1.165, 1.54) is 23.1 Å². The van der Waals surface area contributed by atoms with Crippen LogP contribution in [0.5, 0.6) is 0 Å². The number of nitrogens with zero attached hydrogens (tertiary/aromatic N) is 1. The van der Waals surface area contributed by atoms with Crippen molar-refractivity contribution in [2.75, 3.05) is 25.5 Å². The molecule has 0 atom stereocenters. The molecule has 1 aromatic carbocycles. The molecule has 3 N–H and O–H groups in total. The van der Waals surface area contributed by atoms with Crippen LogP contribution in [0.3, 0.4) is 0 Å². The van der Waals surface area contributed by atoms with Crippen LogP contribution in [0, 0.1) is 0 Å². The maximum Gasteiger partial charge on any atom is 0.335 e. The van der Waals surface area contributed by atoms with E-state index in [9.17, 15) is 14.4 Å². The minimum atomic E-state index is -1.13. The number of carboxylic acid groups (broad SMARTS) is 1. The summed E-state index contributed by atoms with van der Waals surface area (Å²) in [5, 5.41) is 13.9. The predicted molar refractivity (Wildman–Crippen MR) is 78.7 cm³/mol. The number of urea groups is 1. The highest BCUT2D eigenvalue weighted by Crippen LogP contribution is 2.22. The van der Waals surface area contributed by atoms with Gasteiger partial charge in [-0.25, -0.2) is 9.59 Å². The number of benzene rings is 1. The van der Waals surface area contributed by atoms with Gasteiger partial charge in [-0.15, -0.1) is 0 Å². The number of nitrogens with one attached hydrogen (secondary N) is 2. The fraction of sp³-hybridized carbons (Fsp3) is 0.308. The number of rotatable bonds is 5. The summed E-state index contributed by atoms with van der Waals surface area (Å²) in [7, 11) is 1.62. The normalized spacial score (nSPS) is 9.86. The second kappa shape index (κ2) is 7.49. The Kier molecular flexibility index (Phi) is 5.98. The van der Waals surface area contributed by atoms with E-state index in [1.807, 2.05) is 6.92 Å². The van der Waals surface area contributed by atoms with Gasteiger partial charge in [-0.2, -0.15) is 0 Å². The molecule has 0 saturated carbocycles. The highest BCUT2D eigenvalue weighted by Gasteiger charge is 2.12. The fourth-order valence-corrected chi connectivity index (χ4v) is 1.55. The molecular weight excluding hydrogens is 298 g/mol. The van der Waals surface area contributed by atoms with Gasteiger partial charge < -0.3 is 20.6 Å². The molecule has 0 aromatic heterocycles. The zero-order valence-electron chi connectivity index (χ0n) is 11.6. The standard InChI is InChI=1S/C13H16ClN3O4/c1-3-17(2)11(18)7-15-13(21)16-10-6-8(12(19)20)4-5-9(10)14/h4-6H,3,7H2,1-2H3,(H,19,20)(H2,15,16,21). The van der Waals surface area contributed by atoms with Gasteiger partial charge in [0.2, 0.25) is 5.91 Å². The second-order valence-electron chi connectivity index (χ2n) is 4.22. The van der Waals surface area contributed by atoms with Gasteiger partial charge in [0, 0.05) is 13.6 Å². The van der Waals surface area contributed by atoms with E-state index in [0.717, 1.165) is 0 Å². The van der Waals surface area contributed by atoms with Crippen molar-refractivity contribution < 1.29 is 19.5 Å². The van der Waals surface area contributed by atoms with Crippen molar-refractivity contribution in [3.63, 3.8) is 0 Å². The lowest BCUT2D eigenvalue weighted by Gasteiger charge is -2.15. The Bertz CT molecular complexity index is 562. The third kappa shape index (κ3) is 4.96. The van der Waals surface area contributed by atoms with Crippen LogP contribution in [0.25, 0.3) is 0 Å². The molecule has 0 unspecified atom stereocenters. The summed E-state index contributed by atoms with van der Waals surface area (Å²) in [5.74, 6) is -1.37. The Labute approximate surface area is 126 Å². The maximum atomic E-state index is 11.7. The smallest absolute Gasteiger partial charge is 0.335 e. The maximum absolute atomic E-state index is 11.7. The molecule has 0 spiro atoms. The monoisotopic (exact) mass is 313 g/mol. The van der Waals surface area contributed by atoms with Crippen LogP contribution in [0.4, 0.5) is 10.5 Å². The first-order valence-corrected chi connectivity index (χ1v) is 6.54. The van der Waals surface area contributed by atoms with Gasteiger partial charge in [-0.1, -0.05) is 11.6 Å². The largest absolute Gasteiger partial charge is 0.478 e. The number of carbonyl (C=O) groups excluding carboxylic acids is 2. The quantitative estimate of drug-likeness (QED) is 0.769. The summed E-state index contributed by atoms with van der Waals surface area (Å²) in [6.07, 6.45) is 0. The minimum Gasteiger partial charge on any atom is -0.478 e. The third-order valence-corrected chi connectivity index (χ3v) is 3.09. The van der Waals surface area contributed by atoms with E-state index in [1.54, 1.807) is 7.05 Å². The van der Waals surface area contributed by atoms with Crippen LogP contribution >= 0.6 is 11.6 Å². The molecule has 0 aliphatic carbocycles. The number of anilines is 1. The number of carbonyl (C=O) groups is 3. The lowest BCUT2D eigenvalue weighted by atomic mass is 10.2. The van der Waals surface area contributed by atoms with E-state index in [-0.39, 0.29) is 28.7 Å². The molecule has 3 amide bonds. The van der Waals surface area contributed by atoms with Crippen molar-refractivity contribution in [2.45, 2.75) is 6.92 Å². The molecule has 0 heterocycles. The van der Waals surface area contributed by atoms with Gasteiger partial charge in [-0.05, 0) is 25.1 Å². The number of carboxylic acids is 1. The van der Waals surface area contributed by atoms with Crippen LogP contribution in [0.2, 0.25) is 5.02 Å². The van der Waals surface area contributed by atoms with Gasteiger partial charge in [0.05, 0.1) is 22.8 Å². The Morgan fingerprint density at radius 3 is 2.57 bits per heavy atom. The number of hydrogen-bond donors (Lipinski definition) is 3. The van der Waals surface area contributed by atoms with Crippen LogP contribution < -0.4 is 10.6 Å². The summed E-state index contributed by atoms with van der Waals surface area (Å²) in [6.45, 7) is 2.19. The lowest BCUT2D eigenvalue weighted by molar-refractivity contribution is -0.128. The molecule has 114 valence electrons. The number of likely N-dealkylation sites (N-methyl/N-ethyl adjacent to an activating group) is 1. The highest BCUT2D eigenvalue weighted by molar-refractivity contribution is 6.33. The van der Waals surface area contributed by atoms with E-state index in [4.69, 9.17) is 16.7 Å². The molecule has 1 aromatic rings. The first kappa shape index (κ1) is 16.8. The molecule has 7 nitrogen and oxygen atoms in total. The van der Waals surface area contributed by atoms with Gasteiger partial charge in [0.15, 0.2) is 0 Å². The molecule has 21 heavy (non-hydrogen) atoms. The molecule has 0 aliphatic rings. The molecule has 0 saturated heterocycles. The van der Waals surface area contributed by atoms with Gasteiger partial charge >= 0.3 is 12.0 Å². The zero-order chi connectivity index (χ0) is 16.0. The average molecular weight is 314 g/mol. The van der Waals surface area contributed by atoms with Crippen LogP contribution in [-0.4, -0.2) is 48.1 Å². The average Bonchev–Trinajstić information content (AvgIpc) is 2.45. The highest BCUT2D eigenvalue weighted by atomic mass is 35.5. The Morgan fingerprint density at radius 1 is 1.33 bits per heavy atom. The molecule has 0 aliphatic heterocycles. The van der Waals surface area contributed by atoms with E-state index in [0.29, 0.717) is 6.54 Å². The van der Waals surface area contributed by atoms with Crippen molar-refractivity contribution in [2.24, 2.45) is 0 Å². The van der Waals surface area contributed by atoms with Crippen molar-refractivity contribution in [3.8, 4) is 0 Å². The Hall–Kier alpha value is -2.28. The molecule has 1 rings (SSSR count). The summed E-state index contributed by atoms with van der Waals surface area (Å²) in [6, 6.07) is 3.30. The van der Waals surface area contributed by atoms with Gasteiger partial charge in [-0.3, -0.25) is 4.79 Å². The summed E-state index contributed by atoms with van der Waals surface area (Å²) in [5.41, 5.74) is 0.154. The third-order valence-electron chi connectivity index (χ3n) is 2.76. The van der Waals surface area contributed by atoms with Gasteiger partial charge in [0.25, 0.3) is 0 Å². The molecule has 0 bridgehead atoms. The predicted octanol–water partition coefficient (Wildman–Crippen LogP) is 1.64. The van der Waals surface area contributed by atoms with Crippen molar-refractivity contribution >= 4 is 35.2 Å². The summed E-state index contributed by atoms with van der Waals surface area (Å²) in [4.78, 5) is 35.5. The second-order valence-corrected chi connectivity index (χ2v) is 4.62. The van der Waals surface area contributed by atoms with Crippen LogP contribution in [0.15, 0.2) is 18.2 Å². The SMILES string of the molecule is CCN(C)C(=O)CNC(=O)Nc1cc(C(=O)O)ccc1Cl. The lowest BCUT2D eigenvalue weighted by Crippen LogP contribution is -2.39. The number of hydrogen-bond acceptors (Lipinski definition) is 3. The first-order chi connectivity index (χ1) is 9.85. The first-order valence-electron chi connectivity index (χ1n) is 6.16. The molecule has 0 fully saturated rings. The molecular formula is C13H16ClN3O4. The Morgan fingerprint density at radius 2 is 2.00 bits per heavy atom. The minimum absolute atomic E-state index is 0.00325. The van der Waals surface area contributed by atoms with E-state index >= 15 is 0 Å². The van der Waals surface area contributed by atoms with Crippen LogP contribution in [0.1, 0.15) is 17.3 Å². The fourth-order valence-electron chi connectivity index (χ4n) is 1.39. The number of amides is 3. The topological polar surface area (TPSA) is 98.7 Å². The number of halogens is 1. The summed E-state index contributed by atoms with van der Waals surface area (Å²) < 4.78 is 0. The van der Waals surface area contributed by atoms with Gasteiger partial charge in [0.1, 0.15) is 0 Å². The van der Waals surface area contributed by atoms with Crippen molar-refractivity contribution in [3.05, 3.63) is 28.8 Å². The Balaban J connectivity index is 2.65. The van der Waals surface area contributed by atoms with E-state index in [2.05, 4.69) is 10.6 Å². The van der Waals surface area contributed by atoms with Crippen molar-refractivity contribution in [1.29, 1.82) is 0 Å². The van der Waals surface area contributed by atoms with Crippen LogP contribution in [-0.2, 0) is 4.79 Å². The number of aromatic carboxylic acids is 1. The summed E-state index contributed by atoms with van der Waals surface area (Å²) >= 11 is 5.87. The molecule has 8 heteroatoms. The van der Waals surface area contributed by atoms with E-state index < -0.39 is 12.0 Å². The zero-order valence-corrected chi connectivity index (χ0v) is 12.4. The van der Waals surface area contributed by atoms with Crippen molar-refractivity contribution in [1.82, 2.24) is 10.2 Å². The molecule has 0 radical (unpaired) electrons.